The van der Waals surface area contributed by atoms with Crippen LogP contribution in [0.5, 0.6) is 0 Å². The van der Waals surface area contributed by atoms with Crippen LogP contribution >= 0.6 is 0 Å². The van der Waals surface area contributed by atoms with Gasteiger partial charge in [0.25, 0.3) is 0 Å². The number of nitrogens with zero attached hydrogens (tertiary/aromatic N) is 1. The molecule has 1 aromatic heterocycles. The molecule has 0 saturated carbocycles. The molecular formula is C18H22N2O. The van der Waals surface area contributed by atoms with Gasteiger partial charge in [0.15, 0.2) is 0 Å². The number of amides is 1. The summed E-state index contributed by atoms with van der Waals surface area (Å²) < 4.78 is 0. The lowest BCUT2D eigenvalue weighted by atomic mass is 10.0. The third-order valence-corrected chi connectivity index (χ3v) is 3.60. The minimum atomic E-state index is 0.0521. The average molecular weight is 282 g/mol. The fraction of sp³-hybridized carbons (Fsp3) is 0.333. The fourth-order valence-corrected chi connectivity index (χ4v) is 2.39. The first-order valence-electron chi connectivity index (χ1n) is 7.55. The Hall–Kier alpha value is -2.16. The standard InChI is InChI=1S/C18H22N2O/c1-3-14-8-7-9-15(4-2)18(14)20-17(21)12-11-16-10-5-6-13-19-16/h5-10,13H,3-4,11-12H2,1-2H3,(H,20,21). The zero-order valence-corrected chi connectivity index (χ0v) is 12.7. The number of rotatable bonds is 6. The van der Waals surface area contributed by atoms with Crippen molar-refractivity contribution in [2.45, 2.75) is 39.5 Å². The van der Waals surface area contributed by atoms with Crippen molar-refractivity contribution < 1.29 is 4.79 Å². The van der Waals surface area contributed by atoms with Gasteiger partial charge in [-0.1, -0.05) is 38.1 Å². The molecule has 0 atom stereocenters. The summed E-state index contributed by atoms with van der Waals surface area (Å²) in [4.78, 5) is 16.4. The van der Waals surface area contributed by atoms with E-state index in [-0.39, 0.29) is 5.91 Å². The maximum absolute atomic E-state index is 12.2. The summed E-state index contributed by atoms with van der Waals surface area (Å²) >= 11 is 0. The van der Waals surface area contributed by atoms with E-state index in [1.807, 2.05) is 18.2 Å². The van der Waals surface area contributed by atoms with Gasteiger partial charge in [-0.2, -0.15) is 0 Å². The molecular weight excluding hydrogens is 260 g/mol. The molecule has 0 aliphatic heterocycles. The summed E-state index contributed by atoms with van der Waals surface area (Å²) in [6.07, 6.45) is 4.73. The molecule has 2 rings (SSSR count). The van der Waals surface area contributed by atoms with Crippen molar-refractivity contribution in [2.75, 3.05) is 5.32 Å². The van der Waals surface area contributed by atoms with E-state index in [0.29, 0.717) is 12.8 Å². The number of hydrogen-bond donors (Lipinski definition) is 1. The summed E-state index contributed by atoms with van der Waals surface area (Å²) in [7, 11) is 0. The number of aryl methyl sites for hydroxylation is 3. The first-order valence-corrected chi connectivity index (χ1v) is 7.55. The van der Waals surface area contributed by atoms with Crippen LogP contribution in [0.25, 0.3) is 0 Å². The van der Waals surface area contributed by atoms with Crippen LogP contribution in [0.4, 0.5) is 5.69 Å². The van der Waals surface area contributed by atoms with Gasteiger partial charge >= 0.3 is 0 Å². The topological polar surface area (TPSA) is 42.0 Å². The van der Waals surface area contributed by atoms with E-state index in [0.717, 1.165) is 24.2 Å². The van der Waals surface area contributed by atoms with Gasteiger partial charge in [0.1, 0.15) is 0 Å². The SMILES string of the molecule is CCc1cccc(CC)c1NC(=O)CCc1ccccn1. The number of pyridine rings is 1. The molecule has 0 aliphatic carbocycles. The smallest absolute Gasteiger partial charge is 0.224 e. The van der Waals surface area contributed by atoms with Crippen molar-refractivity contribution >= 4 is 11.6 Å². The van der Waals surface area contributed by atoms with Crippen LogP contribution in [0.1, 0.15) is 37.1 Å². The summed E-state index contributed by atoms with van der Waals surface area (Å²) in [6, 6.07) is 12.0. The molecule has 1 aromatic carbocycles. The van der Waals surface area contributed by atoms with Crippen LogP contribution in [0.3, 0.4) is 0 Å². The lowest BCUT2D eigenvalue weighted by molar-refractivity contribution is -0.116. The quantitative estimate of drug-likeness (QED) is 0.876. The highest BCUT2D eigenvalue weighted by atomic mass is 16.1. The highest BCUT2D eigenvalue weighted by molar-refractivity contribution is 5.92. The second kappa shape index (κ2) is 7.58. The summed E-state index contributed by atoms with van der Waals surface area (Å²) in [5.74, 6) is 0.0521. The van der Waals surface area contributed by atoms with Gasteiger partial charge in [0, 0.05) is 24.0 Å². The Balaban J connectivity index is 2.02. The van der Waals surface area contributed by atoms with Gasteiger partial charge in [-0.25, -0.2) is 0 Å². The summed E-state index contributed by atoms with van der Waals surface area (Å²) in [6.45, 7) is 4.22. The fourth-order valence-electron chi connectivity index (χ4n) is 2.39. The third-order valence-electron chi connectivity index (χ3n) is 3.60. The van der Waals surface area contributed by atoms with Crippen LogP contribution in [-0.4, -0.2) is 10.9 Å². The predicted molar refractivity (Wildman–Crippen MR) is 86.4 cm³/mol. The third kappa shape index (κ3) is 4.15. The Bertz CT molecular complexity index is 571. The van der Waals surface area contributed by atoms with Crippen molar-refractivity contribution in [3.63, 3.8) is 0 Å². The van der Waals surface area contributed by atoms with Gasteiger partial charge in [0.05, 0.1) is 0 Å². The van der Waals surface area contributed by atoms with E-state index in [1.165, 1.54) is 11.1 Å². The number of aromatic nitrogens is 1. The van der Waals surface area contributed by atoms with Crippen LogP contribution < -0.4 is 5.32 Å². The second-order valence-electron chi connectivity index (χ2n) is 5.03. The molecule has 0 bridgehead atoms. The number of nitrogens with one attached hydrogen (secondary N) is 1. The normalized spacial score (nSPS) is 10.4. The molecule has 0 aliphatic rings. The van der Waals surface area contributed by atoms with E-state index in [4.69, 9.17) is 0 Å². The monoisotopic (exact) mass is 282 g/mol. The molecule has 2 aromatic rings. The van der Waals surface area contributed by atoms with Gasteiger partial charge in [0.2, 0.25) is 5.91 Å². The largest absolute Gasteiger partial charge is 0.326 e. The van der Waals surface area contributed by atoms with E-state index in [9.17, 15) is 4.79 Å². The number of anilines is 1. The first-order chi connectivity index (χ1) is 10.2. The molecule has 0 spiro atoms. The Kier molecular flexibility index (Phi) is 5.50. The highest BCUT2D eigenvalue weighted by Crippen LogP contribution is 2.22. The minimum absolute atomic E-state index is 0.0521. The van der Waals surface area contributed by atoms with Crippen LogP contribution in [0, 0.1) is 0 Å². The number of para-hydroxylation sites is 1. The number of benzene rings is 1. The molecule has 1 amide bonds. The van der Waals surface area contributed by atoms with Crippen LogP contribution in [0.2, 0.25) is 0 Å². The second-order valence-corrected chi connectivity index (χ2v) is 5.03. The Morgan fingerprint density at radius 2 is 1.76 bits per heavy atom. The lowest BCUT2D eigenvalue weighted by Crippen LogP contribution is -2.15. The van der Waals surface area contributed by atoms with E-state index < -0.39 is 0 Å². The van der Waals surface area contributed by atoms with Crippen molar-refractivity contribution in [1.82, 2.24) is 4.98 Å². The van der Waals surface area contributed by atoms with E-state index in [2.05, 4.69) is 42.3 Å². The average Bonchev–Trinajstić information content (AvgIpc) is 2.54. The molecule has 0 unspecified atom stereocenters. The molecule has 0 fully saturated rings. The van der Waals surface area contributed by atoms with E-state index in [1.54, 1.807) is 6.20 Å². The highest BCUT2D eigenvalue weighted by Gasteiger charge is 2.10. The molecule has 3 nitrogen and oxygen atoms in total. The summed E-state index contributed by atoms with van der Waals surface area (Å²) in [5.41, 5.74) is 4.33. The molecule has 21 heavy (non-hydrogen) atoms. The minimum Gasteiger partial charge on any atom is -0.326 e. The Morgan fingerprint density at radius 1 is 1.05 bits per heavy atom. The first kappa shape index (κ1) is 15.2. The summed E-state index contributed by atoms with van der Waals surface area (Å²) in [5, 5.41) is 3.08. The molecule has 1 N–H and O–H groups in total. The van der Waals surface area contributed by atoms with Crippen LogP contribution in [0.15, 0.2) is 42.6 Å². The molecule has 0 radical (unpaired) electrons. The zero-order chi connectivity index (χ0) is 15.1. The zero-order valence-electron chi connectivity index (χ0n) is 12.7. The van der Waals surface area contributed by atoms with Crippen LogP contribution in [-0.2, 0) is 24.1 Å². The molecule has 110 valence electrons. The maximum atomic E-state index is 12.2. The Morgan fingerprint density at radius 3 is 2.33 bits per heavy atom. The molecule has 1 heterocycles. The molecule has 3 heteroatoms. The lowest BCUT2D eigenvalue weighted by Gasteiger charge is -2.14. The van der Waals surface area contributed by atoms with Crippen molar-refractivity contribution in [3.05, 3.63) is 59.4 Å². The maximum Gasteiger partial charge on any atom is 0.224 e. The Labute approximate surface area is 126 Å². The van der Waals surface area contributed by atoms with Crippen molar-refractivity contribution in [2.24, 2.45) is 0 Å². The van der Waals surface area contributed by atoms with Gasteiger partial charge in [-0.3, -0.25) is 9.78 Å². The van der Waals surface area contributed by atoms with Crippen molar-refractivity contribution in [1.29, 1.82) is 0 Å². The number of carbonyl (C=O) groups is 1. The predicted octanol–water partition coefficient (Wildman–Crippen LogP) is 3.78. The van der Waals surface area contributed by atoms with Crippen molar-refractivity contribution in [3.8, 4) is 0 Å². The number of hydrogen-bond acceptors (Lipinski definition) is 2. The van der Waals surface area contributed by atoms with Gasteiger partial charge < -0.3 is 5.32 Å². The van der Waals surface area contributed by atoms with E-state index >= 15 is 0 Å². The van der Waals surface area contributed by atoms with Gasteiger partial charge in [-0.05, 0) is 42.5 Å². The number of carbonyl (C=O) groups excluding carboxylic acids is 1. The molecule has 0 saturated heterocycles. The van der Waals surface area contributed by atoms with Gasteiger partial charge in [-0.15, -0.1) is 0 Å².